The number of thiazole rings is 1. The zero-order valence-electron chi connectivity index (χ0n) is 15.0. The maximum Gasteiger partial charge on any atom is 0.277 e. The summed E-state index contributed by atoms with van der Waals surface area (Å²) in [6, 6.07) is 0.143. The standard InChI is InChI=1S/C17H23N5O2S/c1-9-10(2)21-22(4)17(24)13(9)16-19-11(3)14(25-16)15(23)20-12-6-5-7-18-8-12/h12,18H,5-8H2,1-4H3,(H,20,23)/t12-/m0/s1. The predicted octanol–water partition coefficient (Wildman–Crippen LogP) is 1.31. The first kappa shape index (κ1) is 17.8. The largest absolute Gasteiger partial charge is 0.347 e. The van der Waals surface area contributed by atoms with Crippen molar-refractivity contribution in [2.24, 2.45) is 7.05 Å². The lowest BCUT2D eigenvalue weighted by molar-refractivity contribution is 0.0934. The van der Waals surface area contributed by atoms with Gasteiger partial charge in [-0.3, -0.25) is 9.59 Å². The second-order valence-electron chi connectivity index (χ2n) is 6.46. The van der Waals surface area contributed by atoms with E-state index in [9.17, 15) is 9.59 Å². The first-order valence-corrected chi connectivity index (χ1v) is 9.24. The van der Waals surface area contributed by atoms with Crippen LogP contribution in [0.15, 0.2) is 4.79 Å². The van der Waals surface area contributed by atoms with Crippen LogP contribution in [-0.2, 0) is 7.05 Å². The predicted molar refractivity (Wildman–Crippen MR) is 98.2 cm³/mol. The molecule has 7 nitrogen and oxygen atoms in total. The molecule has 25 heavy (non-hydrogen) atoms. The van der Waals surface area contributed by atoms with Gasteiger partial charge in [0.2, 0.25) is 0 Å². The summed E-state index contributed by atoms with van der Waals surface area (Å²) in [5.74, 6) is -0.116. The second kappa shape index (κ2) is 7.05. The number of aryl methyl sites for hydroxylation is 3. The molecule has 134 valence electrons. The molecule has 1 aliphatic heterocycles. The molecule has 1 fully saturated rings. The van der Waals surface area contributed by atoms with Crippen molar-refractivity contribution in [3.63, 3.8) is 0 Å². The highest BCUT2D eigenvalue weighted by Gasteiger charge is 2.23. The molecule has 0 bridgehead atoms. The molecule has 2 N–H and O–H groups in total. The zero-order valence-corrected chi connectivity index (χ0v) is 15.8. The molecule has 2 aromatic heterocycles. The van der Waals surface area contributed by atoms with Crippen molar-refractivity contribution in [2.45, 2.75) is 39.7 Å². The first-order chi connectivity index (χ1) is 11.9. The summed E-state index contributed by atoms with van der Waals surface area (Å²) in [7, 11) is 1.63. The van der Waals surface area contributed by atoms with Gasteiger partial charge in [0.05, 0.1) is 17.0 Å². The number of carbonyl (C=O) groups is 1. The van der Waals surface area contributed by atoms with Crippen LogP contribution in [0.4, 0.5) is 0 Å². The molecule has 2 aromatic rings. The summed E-state index contributed by atoms with van der Waals surface area (Å²) < 4.78 is 1.32. The highest BCUT2D eigenvalue weighted by Crippen LogP contribution is 2.28. The first-order valence-electron chi connectivity index (χ1n) is 8.42. The molecule has 1 aliphatic rings. The summed E-state index contributed by atoms with van der Waals surface area (Å²) >= 11 is 1.27. The third kappa shape index (κ3) is 3.50. The quantitative estimate of drug-likeness (QED) is 0.860. The van der Waals surface area contributed by atoms with E-state index in [0.29, 0.717) is 21.1 Å². The van der Waals surface area contributed by atoms with E-state index in [0.717, 1.165) is 37.2 Å². The van der Waals surface area contributed by atoms with Crippen molar-refractivity contribution < 1.29 is 4.79 Å². The number of nitrogens with one attached hydrogen (secondary N) is 2. The summed E-state index contributed by atoms with van der Waals surface area (Å²) in [5, 5.41) is 11.1. The van der Waals surface area contributed by atoms with Crippen LogP contribution in [-0.4, -0.2) is 39.8 Å². The molecule has 0 radical (unpaired) electrons. The van der Waals surface area contributed by atoms with Crippen LogP contribution in [0.1, 0.15) is 39.5 Å². The zero-order chi connectivity index (χ0) is 18.1. The van der Waals surface area contributed by atoms with Crippen molar-refractivity contribution in [3.8, 4) is 10.6 Å². The molecule has 1 saturated heterocycles. The number of hydrogen-bond acceptors (Lipinski definition) is 6. The molecular weight excluding hydrogens is 338 g/mol. The lowest BCUT2D eigenvalue weighted by Crippen LogP contribution is -2.45. The van der Waals surface area contributed by atoms with Crippen LogP contribution >= 0.6 is 11.3 Å². The number of nitrogens with zero attached hydrogens (tertiary/aromatic N) is 3. The van der Waals surface area contributed by atoms with Crippen LogP contribution in [0.3, 0.4) is 0 Å². The topological polar surface area (TPSA) is 88.9 Å². The van der Waals surface area contributed by atoms with Gasteiger partial charge in [0, 0.05) is 19.6 Å². The Morgan fingerprint density at radius 3 is 2.76 bits per heavy atom. The molecule has 0 aliphatic carbocycles. The Hall–Kier alpha value is -2.06. The summed E-state index contributed by atoms with van der Waals surface area (Å²) in [6.07, 6.45) is 2.04. The SMILES string of the molecule is Cc1nc(-c2c(C)c(C)nn(C)c2=O)sc1C(=O)N[C@H]1CCCNC1. The normalized spacial score (nSPS) is 17.5. The molecule has 0 saturated carbocycles. The van der Waals surface area contributed by atoms with E-state index in [1.807, 2.05) is 20.8 Å². The average molecular weight is 361 g/mol. The monoisotopic (exact) mass is 361 g/mol. The minimum atomic E-state index is -0.194. The molecule has 3 rings (SSSR count). The maximum atomic E-state index is 12.6. The van der Waals surface area contributed by atoms with E-state index >= 15 is 0 Å². The van der Waals surface area contributed by atoms with E-state index in [-0.39, 0.29) is 17.5 Å². The molecular formula is C17H23N5O2S. The molecule has 0 aromatic carbocycles. The molecule has 0 spiro atoms. The fourth-order valence-electron chi connectivity index (χ4n) is 3.04. The van der Waals surface area contributed by atoms with Gasteiger partial charge >= 0.3 is 0 Å². The fraction of sp³-hybridized carbons (Fsp3) is 0.529. The number of amides is 1. The number of rotatable bonds is 3. The van der Waals surface area contributed by atoms with Crippen LogP contribution in [0, 0.1) is 20.8 Å². The summed E-state index contributed by atoms with van der Waals surface area (Å²) in [5.41, 5.74) is 2.57. The van der Waals surface area contributed by atoms with Crippen LogP contribution in [0.5, 0.6) is 0 Å². The second-order valence-corrected chi connectivity index (χ2v) is 7.46. The van der Waals surface area contributed by atoms with Gasteiger partial charge in [-0.05, 0) is 45.7 Å². The lowest BCUT2D eigenvalue weighted by atomic mass is 10.1. The summed E-state index contributed by atoms with van der Waals surface area (Å²) in [6.45, 7) is 7.33. The van der Waals surface area contributed by atoms with Crippen molar-refractivity contribution in [1.29, 1.82) is 0 Å². The highest BCUT2D eigenvalue weighted by molar-refractivity contribution is 7.17. The number of aromatic nitrogens is 3. The minimum absolute atomic E-state index is 0.116. The van der Waals surface area contributed by atoms with Gasteiger partial charge in [-0.25, -0.2) is 9.67 Å². The van der Waals surface area contributed by atoms with Crippen LogP contribution in [0.2, 0.25) is 0 Å². The fourth-order valence-corrected chi connectivity index (χ4v) is 4.10. The van der Waals surface area contributed by atoms with Gasteiger partial charge in [-0.2, -0.15) is 5.10 Å². The maximum absolute atomic E-state index is 12.6. The van der Waals surface area contributed by atoms with Gasteiger partial charge in [0.1, 0.15) is 9.88 Å². The van der Waals surface area contributed by atoms with Gasteiger partial charge in [0.15, 0.2) is 0 Å². The van der Waals surface area contributed by atoms with Crippen LogP contribution in [0.25, 0.3) is 10.6 Å². The molecule has 3 heterocycles. The number of carbonyl (C=O) groups excluding carboxylic acids is 1. The van der Waals surface area contributed by atoms with E-state index in [1.54, 1.807) is 7.05 Å². The van der Waals surface area contributed by atoms with E-state index < -0.39 is 0 Å². The summed E-state index contributed by atoms with van der Waals surface area (Å²) in [4.78, 5) is 30.2. The van der Waals surface area contributed by atoms with Gasteiger partial charge in [-0.1, -0.05) is 0 Å². The Morgan fingerprint density at radius 1 is 1.32 bits per heavy atom. The Balaban J connectivity index is 1.93. The lowest BCUT2D eigenvalue weighted by Gasteiger charge is -2.23. The molecule has 8 heteroatoms. The minimum Gasteiger partial charge on any atom is -0.347 e. The number of piperidine rings is 1. The van der Waals surface area contributed by atoms with Crippen molar-refractivity contribution in [3.05, 3.63) is 32.2 Å². The van der Waals surface area contributed by atoms with E-state index in [1.165, 1.54) is 16.0 Å². The molecule has 1 amide bonds. The smallest absolute Gasteiger partial charge is 0.277 e. The van der Waals surface area contributed by atoms with Gasteiger partial charge < -0.3 is 10.6 Å². The average Bonchev–Trinajstić information content (AvgIpc) is 2.96. The Bertz CT molecular complexity index is 865. The number of hydrogen-bond donors (Lipinski definition) is 2. The van der Waals surface area contributed by atoms with Crippen molar-refractivity contribution in [2.75, 3.05) is 13.1 Å². The van der Waals surface area contributed by atoms with Crippen LogP contribution < -0.4 is 16.2 Å². The van der Waals surface area contributed by atoms with Gasteiger partial charge in [0.25, 0.3) is 11.5 Å². The highest BCUT2D eigenvalue weighted by atomic mass is 32.1. The molecule has 0 unspecified atom stereocenters. The Kier molecular flexibility index (Phi) is 5.01. The third-order valence-corrected chi connectivity index (χ3v) is 5.75. The van der Waals surface area contributed by atoms with Crippen molar-refractivity contribution >= 4 is 17.2 Å². The van der Waals surface area contributed by atoms with E-state index in [4.69, 9.17) is 0 Å². The Morgan fingerprint density at radius 2 is 2.08 bits per heavy atom. The van der Waals surface area contributed by atoms with Gasteiger partial charge in [-0.15, -0.1) is 11.3 Å². The Labute approximate surface area is 150 Å². The van der Waals surface area contributed by atoms with E-state index in [2.05, 4.69) is 20.7 Å². The molecule has 1 atom stereocenters. The third-order valence-electron chi connectivity index (χ3n) is 4.57. The van der Waals surface area contributed by atoms with Crippen molar-refractivity contribution in [1.82, 2.24) is 25.4 Å².